The van der Waals surface area contributed by atoms with E-state index in [0.29, 0.717) is 6.04 Å². The molecule has 116 valence electrons. The second-order valence-corrected chi connectivity index (χ2v) is 6.75. The van der Waals surface area contributed by atoms with E-state index in [1.807, 2.05) is 18.2 Å². The van der Waals surface area contributed by atoms with Gasteiger partial charge in [-0.05, 0) is 44.5 Å². The first-order valence-electron chi connectivity index (χ1n) is 7.82. The first-order chi connectivity index (χ1) is 10.2. The molecule has 0 saturated heterocycles. The topological polar surface area (TPSA) is 29.5 Å². The van der Waals surface area contributed by atoms with Crippen LogP contribution >= 0.6 is 11.8 Å². The summed E-state index contributed by atoms with van der Waals surface area (Å²) in [6.45, 7) is 9.03. The Morgan fingerprint density at radius 3 is 2.67 bits per heavy atom. The maximum absolute atomic E-state index is 11.4. The molecule has 4 heteroatoms. The number of benzene rings is 1. The molecule has 21 heavy (non-hydrogen) atoms. The molecular formula is C17H25NO2S. The number of carbonyl (C=O) groups is 1. The summed E-state index contributed by atoms with van der Waals surface area (Å²) in [4.78, 5) is 15.0. The molecule has 1 heterocycles. The molecule has 0 bridgehead atoms. The largest absolute Gasteiger partial charge is 0.492 e. The minimum absolute atomic E-state index is 0.129. The Balaban J connectivity index is 2.19. The van der Waals surface area contributed by atoms with Gasteiger partial charge in [0.15, 0.2) is 5.12 Å². The van der Waals surface area contributed by atoms with Crippen molar-refractivity contribution in [2.45, 2.75) is 51.0 Å². The fourth-order valence-corrected chi connectivity index (χ4v) is 3.66. The van der Waals surface area contributed by atoms with Gasteiger partial charge in [0.25, 0.3) is 0 Å². The average molecular weight is 307 g/mol. The zero-order valence-corrected chi connectivity index (χ0v) is 14.0. The van der Waals surface area contributed by atoms with Crippen molar-refractivity contribution in [2.24, 2.45) is 0 Å². The third-order valence-electron chi connectivity index (χ3n) is 3.75. The van der Waals surface area contributed by atoms with E-state index < -0.39 is 0 Å². The molecule has 1 aromatic carbocycles. The predicted molar refractivity (Wildman–Crippen MR) is 88.1 cm³/mol. The van der Waals surface area contributed by atoms with Crippen molar-refractivity contribution >= 4 is 16.9 Å². The summed E-state index contributed by atoms with van der Waals surface area (Å²) in [5, 5.41) is 0.129. The summed E-state index contributed by atoms with van der Waals surface area (Å²) in [6.07, 6.45) is 3.30. The number of carbonyl (C=O) groups excluding carboxylic acids is 1. The molecule has 1 atom stereocenters. The number of nitrogens with zero attached hydrogens (tertiary/aromatic N) is 1. The van der Waals surface area contributed by atoms with Crippen LogP contribution in [0.4, 0.5) is 0 Å². The van der Waals surface area contributed by atoms with Crippen LogP contribution in [0.15, 0.2) is 23.1 Å². The van der Waals surface area contributed by atoms with Crippen LogP contribution in [0, 0.1) is 0 Å². The van der Waals surface area contributed by atoms with Gasteiger partial charge < -0.3 is 4.74 Å². The minimum Gasteiger partial charge on any atom is -0.492 e. The van der Waals surface area contributed by atoms with Crippen LogP contribution in [0.2, 0.25) is 0 Å². The molecule has 1 unspecified atom stereocenters. The highest BCUT2D eigenvalue weighted by molar-refractivity contribution is 8.13. The van der Waals surface area contributed by atoms with Crippen molar-refractivity contribution in [3.63, 3.8) is 0 Å². The van der Waals surface area contributed by atoms with Crippen molar-refractivity contribution in [3.8, 4) is 5.75 Å². The summed E-state index contributed by atoms with van der Waals surface area (Å²) in [5.74, 6) is 0.949. The fourth-order valence-electron chi connectivity index (χ4n) is 2.90. The summed E-state index contributed by atoms with van der Waals surface area (Å²) < 4.78 is 5.97. The lowest BCUT2D eigenvalue weighted by Gasteiger charge is -2.35. The maximum atomic E-state index is 11.4. The zero-order chi connectivity index (χ0) is 15.2. The molecule has 1 aromatic rings. The second kappa shape index (κ2) is 7.85. The Morgan fingerprint density at radius 1 is 1.33 bits per heavy atom. The molecule has 2 rings (SSSR count). The van der Waals surface area contributed by atoms with Crippen molar-refractivity contribution in [3.05, 3.63) is 23.8 Å². The zero-order valence-electron chi connectivity index (χ0n) is 13.2. The number of rotatable bonds is 6. The highest BCUT2D eigenvalue weighted by Gasteiger charge is 2.26. The van der Waals surface area contributed by atoms with E-state index in [2.05, 4.69) is 18.7 Å². The number of hydrogen-bond acceptors (Lipinski definition) is 4. The van der Waals surface area contributed by atoms with E-state index in [9.17, 15) is 4.79 Å². The van der Waals surface area contributed by atoms with Gasteiger partial charge in [0.05, 0.1) is 0 Å². The number of ether oxygens (including phenoxy) is 1. The molecule has 1 aliphatic rings. The van der Waals surface area contributed by atoms with E-state index in [0.717, 1.165) is 49.6 Å². The first kappa shape index (κ1) is 16.4. The summed E-state index contributed by atoms with van der Waals surface area (Å²) in [6, 6.07) is 6.44. The van der Waals surface area contributed by atoms with Gasteiger partial charge >= 0.3 is 0 Å². The Kier molecular flexibility index (Phi) is 6.12. The highest BCUT2D eigenvalue weighted by Crippen LogP contribution is 2.35. The molecule has 1 aliphatic heterocycles. The first-order valence-corrected chi connectivity index (χ1v) is 8.64. The molecule has 0 N–H and O–H groups in total. The van der Waals surface area contributed by atoms with Crippen molar-refractivity contribution < 1.29 is 9.53 Å². The average Bonchev–Trinajstić information content (AvgIpc) is 2.46. The third kappa shape index (κ3) is 4.24. The van der Waals surface area contributed by atoms with Crippen LogP contribution in [-0.4, -0.2) is 35.8 Å². The smallest absolute Gasteiger partial charge is 0.190 e. The molecule has 0 spiro atoms. The molecule has 0 radical (unpaired) electrons. The van der Waals surface area contributed by atoms with Crippen molar-refractivity contribution in [1.82, 2.24) is 4.90 Å². The monoisotopic (exact) mass is 307 g/mol. The molecule has 3 nitrogen and oxygen atoms in total. The SMILES string of the molecule is CCCN(CCC)C1COc2cccc(SC(C)=O)c2C1. The van der Waals surface area contributed by atoms with Crippen LogP contribution in [0.25, 0.3) is 0 Å². The molecule has 0 amide bonds. The quantitative estimate of drug-likeness (QED) is 0.749. The second-order valence-electron chi connectivity index (χ2n) is 5.53. The van der Waals surface area contributed by atoms with Gasteiger partial charge in [0, 0.05) is 23.4 Å². The van der Waals surface area contributed by atoms with Gasteiger partial charge in [-0.25, -0.2) is 0 Å². The highest BCUT2D eigenvalue weighted by atomic mass is 32.2. The maximum Gasteiger partial charge on any atom is 0.190 e. The predicted octanol–water partition coefficient (Wildman–Crippen LogP) is 3.75. The lowest BCUT2D eigenvalue weighted by atomic mass is 10.0. The number of fused-ring (bicyclic) bond motifs is 1. The third-order valence-corrected chi connectivity index (χ3v) is 4.64. The van der Waals surface area contributed by atoms with Crippen molar-refractivity contribution in [1.29, 1.82) is 0 Å². The van der Waals surface area contributed by atoms with Crippen LogP contribution in [0.5, 0.6) is 5.75 Å². The van der Waals surface area contributed by atoms with E-state index in [4.69, 9.17) is 4.74 Å². The lowest BCUT2D eigenvalue weighted by molar-refractivity contribution is -0.109. The molecule has 0 aromatic heterocycles. The Bertz CT molecular complexity index is 484. The van der Waals surface area contributed by atoms with Gasteiger partial charge in [0.2, 0.25) is 0 Å². The molecule has 0 saturated carbocycles. The van der Waals surface area contributed by atoms with Crippen LogP contribution in [0.3, 0.4) is 0 Å². The Hall–Kier alpha value is -1.00. The standard InChI is InChI=1S/C17H25NO2S/c1-4-9-18(10-5-2)14-11-15-16(20-12-14)7-6-8-17(15)21-13(3)19/h6-8,14H,4-5,9-12H2,1-3H3. The van der Waals surface area contributed by atoms with Gasteiger partial charge in [-0.1, -0.05) is 31.7 Å². The van der Waals surface area contributed by atoms with E-state index in [1.54, 1.807) is 6.92 Å². The van der Waals surface area contributed by atoms with E-state index in [-0.39, 0.29) is 5.12 Å². The van der Waals surface area contributed by atoms with E-state index >= 15 is 0 Å². The van der Waals surface area contributed by atoms with Gasteiger partial charge in [0.1, 0.15) is 12.4 Å². The van der Waals surface area contributed by atoms with Crippen LogP contribution < -0.4 is 4.74 Å². The number of thioether (sulfide) groups is 1. The normalized spacial score (nSPS) is 17.4. The Morgan fingerprint density at radius 2 is 2.05 bits per heavy atom. The van der Waals surface area contributed by atoms with Gasteiger partial charge in [-0.15, -0.1) is 0 Å². The minimum atomic E-state index is 0.129. The summed E-state index contributed by atoms with van der Waals surface area (Å²) in [5.41, 5.74) is 1.20. The van der Waals surface area contributed by atoms with Gasteiger partial charge in [-0.3, -0.25) is 9.69 Å². The summed E-state index contributed by atoms with van der Waals surface area (Å²) in [7, 11) is 0. The van der Waals surface area contributed by atoms with Crippen LogP contribution in [-0.2, 0) is 11.2 Å². The van der Waals surface area contributed by atoms with Crippen LogP contribution in [0.1, 0.15) is 39.2 Å². The van der Waals surface area contributed by atoms with E-state index in [1.165, 1.54) is 17.3 Å². The number of hydrogen-bond donors (Lipinski definition) is 0. The van der Waals surface area contributed by atoms with Crippen molar-refractivity contribution in [2.75, 3.05) is 19.7 Å². The fraction of sp³-hybridized carbons (Fsp3) is 0.588. The molecular weight excluding hydrogens is 282 g/mol. The Labute approximate surface area is 132 Å². The lowest BCUT2D eigenvalue weighted by Crippen LogP contribution is -2.44. The summed E-state index contributed by atoms with van der Waals surface area (Å²) >= 11 is 1.32. The molecule has 0 fully saturated rings. The molecule has 0 aliphatic carbocycles. The van der Waals surface area contributed by atoms with Gasteiger partial charge in [-0.2, -0.15) is 0 Å².